The molecule has 0 unspecified atom stereocenters. The molecule has 0 N–H and O–H groups in total. The van der Waals surface area contributed by atoms with Crippen molar-refractivity contribution in [1.82, 2.24) is 0 Å². The van der Waals surface area contributed by atoms with Gasteiger partial charge in [0.2, 0.25) is 0 Å². The Balaban J connectivity index is 2.15. The van der Waals surface area contributed by atoms with E-state index in [-0.39, 0.29) is 14.7 Å². The average Bonchev–Trinajstić information content (AvgIpc) is 2.75. The first-order valence-electron chi connectivity index (χ1n) is 9.57. The van der Waals surface area contributed by atoms with Crippen molar-refractivity contribution in [3.05, 3.63) is 81.3 Å². The number of pyridine rings is 1. The summed E-state index contributed by atoms with van der Waals surface area (Å²) >= 11 is 16.1. The highest BCUT2D eigenvalue weighted by atomic mass is 35.5. The number of benzene rings is 2. The summed E-state index contributed by atoms with van der Waals surface area (Å²) in [6.07, 6.45) is 2.92. The lowest BCUT2D eigenvalue weighted by molar-refractivity contribution is -0.553. The van der Waals surface area contributed by atoms with Crippen LogP contribution in [0.2, 0.25) is 10.0 Å². The second-order valence-electron chi connectivity index (χ2n) is 7.31. The molecule has 8 nitrogen and oxygen atoms in total. The van der Waals surface area contributed by atoms with Crippen LogP contribution in [0.25, 0.3) is 4.72 Å². The predicted molar refractivity (Wildman–Crippen MR) is 136 cm³/mol. The summed E-state index contributed by atoms with van der Waals surface area (Å²) in [6.45, 7) is 1.63. The molecular formula is C21H20Cl2N4O4S3. The normalized spacial score (nSPS) is 12.5. The van der Waals surface area contributed by atoms with Gasteiger partial charge in [-0.15, -0.1) is 21.7 Å². The van der Waals surface area contributed by atoms with Gasteiger partial charge in [0.25, 0.3) is 26.0 Å². The minimum Gasteiger partial charge on any atom is -0.378 e. The minimum atomic E-state index is -4.42. The molecule has 13 heteroatoms. The number of halogens is 2. The number of sulfonamides is 2. The number of thiol groups is 1. The van der Waals surface area contributed by atoms with Gasteiger partial charge >= 0.3 is 0 Å². The molecule has 34 heavy (non-hydrogen) atoms. The third kappa shape index (κ3) is 6.02. The van der Waals surface area contributed by atoms with Gasteiger partial charge in [0.1, 0.15) is 4.90 Å². The number of rotatable bonds is 5. The van der Waals surface area contributed by atoms with Crippen LogP contribution >= 0.6 is 35.8 Å². The van der Waals surface area contributed by atoms with Gasteiger partial charge in [-0.3, -0.25) is 4.57 Å². The van der Waals surface area contributed by atoms with Crippen LogP contribution in [-0.4, -0.2) is 36.9 Å². The Hall–Kier alpha value is -2.31. The van der Waals surface area contributed by atoms with E-state index in [0.717, 1.165) is 5.69 Å². The monoisotopic (exact) mass is 558 g/mol. The van der Waals surface area contributed by atoms with E-state index in [1.54, 1.807) is 19.1 Å². The van der Waals surface area contributed by atoms with Crippen LogP contribution < -0.4 is 9.47 Å². The van der Waals surface area contributed by atoms with Crippen molar-refractivity contribution >= 4 is 67.5 Å². The van der Waals surface area contributed by atoms with Crippen LogP contribution in [-0.2, 0) is 20.0 Å². The van der Waals surface area contributed by atoms with Crippen LogP contribution in [0.1, 0.15) is 5.56 Å². The maximum atomic E-state index is 13.2. The summed E-state index contributed by atoms with van der Waals surface area (Å²) in [5.41, 5.74) is 1.29. The van der Waals surface area contributed by atoms with Gasteiger partial charge in [0, 0.05) is 47.1 Å². The third-order valence-corrected chi connectivity index (χ3v) is 8.34. The van der Waals surface area contributed by atoms with Gasteiger partial charge in [-0.05, 0) is 61.0 Å². The topological polar surface area (TPSA) is 102 Å². The van der Waals surface area contributed by atoms with Gasteiger partial charge in [0.05, 0.1) is 4.90 Å². The fourth-order valence-electron chi connectivity index (χ4n) is 2.74. The van der Waals surface area contributed by atoms with Crippen molar-refractivity contribution < 1.29 is 21.4 Å². The highest BCUT2D eigenvalue weighted by Crippen LogP contribution is 2.29. The van der Waals surface area contributed by atoms with E-state index in [1.807, 2.05) is 19.0 Å². The molecule has 180 valence electrons. The first kappa shape index (κ1) is 26.3. The molecule has 0 aliphatic heterocycles. The zero-order valence-corrected chi connectivity index (χ0v) is 22.3. The Kier molecular flexibility index (Phi) is 7.83. The van der Waals surface area contributed by atoms with E-state index in [9.17, 15) is 16.8 Å². The lowest BCUT2D eigenvalue weighted by Crippen LogP contribution is -2.43. The van der Waals surface area contributed by atoms with E-state index in [4.69, 9.17) is 23.2 Å². The number of hydrogen-bond acceptors (Lipinski definition) is 6. The maximum absolute atomic E-state index is 13.2. The molecule has 3 rings (SSSR count). The standard InChI is InChI=1S/C21H20Cl2N4O4S3/c1-14-12-20(19(32)13-18(14)23)34(30,31)25-21(27-10-8-16(9-11-27)26(2)3)24-33(28,29)17-6-4-15(22)5-7-17/h4-13H,1-3H3,(H-,24,25,32). The third-order valence-electron chi connectivity index (χ3n) is 4.59. The fraction of sp³-hybridized carbons (Fsp3) is 0.143. The molecule has 1 heterocycles. The molecule has 0 radical (unpaired) electrons. The summed E-state index contributed by atoms with van der Waals surface area (Å²) in [4.78, 5) is 1.47. The van der Waals surface area contributed by atoms with E-state index in [1.165, 1.54) is 53.4 Å². The van der Waals surface area contributed by atoms with Gasteiger partial charge < -0.3 is 4.90 Å². The smallest absolute Gasteiger partial charge is 0.286 e. The van der Waals surface area contributed by atoms with Crippen molar-refractivity contribution in [2.75, 3.05) is 19.0 Å². The molecule has 1 aromatic heterocycles. The number of hydrogen-bond donors (Lipinski definition) is 1. The molecule has 0 saturated carbocycles. The Morgan fingerprint density at radius 1 is 1.00 bits per heavy atom. The van der Waals surface area contributed by atoms with E-state index in [0.29, 0.717) is 15.6 Å². The molecule has 0 atom stereocenters. The second-order valence-corrected chi connectivity index (χ2v) is 11.8. The molecule has 0 aliphatic rings. The van der Waals surface area contributed by atoms with Crippen LogP contribution in [0.15, 0.2) is 80.0 Å². The van der Waals surface area contributed by atoms with E-state index >= 15 is 0 Å². The maximum Gasteiger partial charge on any atom is 0.286 e. The Labute approximate surface area is 214 Å². The molecule has 0 spiro atoms. The zero-order valence-electron chi connectivity index (χ0n) is 18.2. The Morgan fingerprint density at radius 2 is 1.59 bits per heavy atom. The molecule has 2 aromatic carbocycles. The summed E-state index contributed by atoms with van der Waals surface area (Å²) in [6, 6.07) is 11.3. The van der Waals surface area contributed by atoms with Crippen molar-refractivity contribution in [3.63, 3.8) is 0 Å². The first-order valence-corrected chi connectivity index (χ1v) is 13.7. The number of anilines is 1. The van der Waals surface area contributed by atoms with Crippen LogP contribution in [0.3, 0.4) is 0 Å². The summed E-state index contributed by atoms with van der Waals surface area (Å²) in [5, 5.41) is 0.667. The van der Waals surface area contributed by atoms with E-state index < -0.39 is 26.0 Å². The molecule has 0 aliphatic carbocycles. The molecule has 0 bridgehead atoms. The fourth-order valence-corrected chi connectivity index (χ4v) is 5.73. The Morgan fingerprint density at radius 3 is 2.15 bits per heavy atom. The lowest BCUT2D eigenvalue weighted by Gasteiger charge is -2.15. The number of nitrogens with zero attached hydrogens (tertiary/aromatic N) is 4. The quantitative estimate of drug-likeness (QED) is 0.217. The summed E-state index contributed by atoms with van der Waals surface area (Å²) in [5.74, 6) is -0.583. The minimum absolute atomic E-state index is 0.0622. The summed E-state index contributed by atoms with van der Waals surface area (Å²) < 4.78 is 60.9. The largest absolute Gasteiger partial charge is 0.378 e. The molecule has 0 saturated heterocycles. The summed E-state index contributed by atoms with van der Waals surface area (Å²) in [7, 11) is -5.10. The highest BCUT2D eigenvalue weighted by molar-refractivity contribution is 7.95. The predicted octanol–water partition coefficient (Wildman–Crippen LogP) is 4.30. The Bertz CT molecular complexity index is 1460. The lowest BCUT2D eigenvalue weighted by atomic mass is 10.2. The number of aromatic nitrogens is 1. The number of aryl methyl sites for hydroxylation is 1. The second kappa shape index (κ2) is 10.1. The van der Waals surface area contributed by atoms with Crippen molar-refractivity contribution in [3.8, 4) is 0 Å². The molecule has 0 fully saturated rings. The van der Waals surface area contributed by atoms with Crippen molar-refractivity contribution in [2.24, 2.45) is 4.40 Å². The van der Waals surface area contributed by atoms with Crippen molar-refractivity contribution in [2.45, 2.75) is 21.6 Å². The zero-order chi connectivity index (χ0) is 25.3. The van der Waals surface area contributed by atoms with Crippen LogP contribution in [0, 0.1) is 6.92 Å². The van der Waals surface area contributed by atoms with Crippen LogP contribution in [0.5, 0.6) is 0 Å². The molecule has 3 aromatic rings. The van der Waals surface area contributed by atoms with Gasteiger partial charge in [-0.1, -0.05) is 23.2 Å². The highest BCUT2D eigenvalue weighted by Gasteiger charge is 2.25. The first-order chi connectivity index (χ1) is 15.8. The average molecular weight is 560 g/mol. The van der Waals surface area contributed by atoms with Gasteiger partial charge in [-0.25, -0.2) is 0 Å². The molecular weight excluding hydrogens is 539 g/mol. The SMILES string of the molecule is Cc1cc(S(=O)(=O)/N=C(/[N-]S(=O)(=O)c2ccc(Cl)cc2)[n+]2ccc(N(C)C)cc2)c(S)cc1Cl. The van der Waals surface area contributed by atoms with Crippen LogP contribution in [0.4, 0.5) is 5.69 Å². The molecule has 0 amide bonds. The van der Waals surface area contributed by atoms with E-state index in [2.05, 4.69) is 21.7 Å². The van der Waals surface area contributed by atoms with Crippen molar-refractivity contribution in [1.29, 1.82) is 0 Å². The van der Waals surface area contributed by atoms with Gasteiger partial charge in [0.15, 0.2) is 0 Å². The van der Waals surface area contributed by atoms with Gasteiger partial charge in [-0.2, -0.15) is 16.8 Å².